The van der Waals surface area contributed by atoms with Crippen LogP contribution in [-0.2, 0) is 13.6 Å². The number of hydrogen-bond donors (Lipinski definition) is 1. The predicted molar refractivity (Wildman–Crippen MR) is 70.0 cm³/mol. The fourth-order valence-electron chi connectivity index (χ4n) is 2.53. The van der Waals surface area contributed by atoms with Crippen molar-refractivity contribution in [2.45, 2.75) is 45.2 Å². The Hall–Kier alpha value is -1.01. The molecule has 2 rings (SSSR count). The predicted octanol–water partition coefficient (Wildman–Crippen LogP) is 0.564. The highest BCUT2D eigenvalue weighted by Gasteiger charge is 2.17. The Morgan fingerprint density at radius 1 is 1.44 bits per heavy atom. The van der Waals surface area contributed by atoms with Crippen LogP contribution in [0.2, 0.25) is 0 Å². The van der Waals surface area contributed by atoms with Crippen molar-refractivity contribution in [2.75, 3.05) is 19.6 Å². The zero-order valence-corrected chi connectivity index (χ0v) is 11.5. The maximum atomic E-state index is 4.26. The standard InChI is InChI=1S/C12H24N6/c1-3-8-18(9-11-6-4-5-7-13-11)10-12-14-16-17(2)15-12/h11,13H,3-10H2,1-2H3. The van der Waals surface area contributed by atoms with Gasteiger partial charge in [-0.2, -0.15) is 4.80 Å². The highest BCUT2D eigenvalue weighted by atomic mass is 15.6. The minimum absolute atomic E-state index is 0.627. The Bertz CT molecular complexity index is 344. The zero-order valence-electron chi connectivity index (χ0n) is 11.5. The molecule has 102 valence electrons. The van der Waals surface area contributed by atoms with Crippen LogP contribution in [0.1, 0.15) is 38.4 Å². The van der Waals surface area contributed by atoms with Crippen molar-refractivity contribution in [3.05, 3.63) is 5.82 Å². The minimum atomic E-state index is 0.627. The molecule has 0 aromatic carbocycles. The van der Waals surface area contributed by atoms with Crippen LogP contribution in [-0.4, -0.2) is 50.8 Å². The highest BCUT2D eigenvalue weighted by Crippen LogP contribution is 2.10. The lowest BCUT2D eigenvalue weighted by molar-refractivity contribution is 0.213. The first-order chi connectivity index (χ1) is 8.78. The summed E-state index contributed by atoms with van der Waals surface area (Å²) in [7, 11) is 1.81. The average Bonchev–Trinajstić information content (AvgIpc) is 2.76. The van der Waals surface area contributed by atoms with E-state index in [4.69, 9.17) is 0 Å². The molecule has 1 aliphatic heterocycles. The molecule has 0 amide bonds. The fourth-order valence-corrected chi connectivity index (χ4v) is 2.53. The lowest BCUT2D eigenvalue weighted by atomic mass is 10.0. The van der Waals surface area contributed by atoms with Gasteiger partial charge in [0.25, 0.3) is 0 Å². The van der Waals surface area contributed by atoms with Gasteiger partial charge in [0.1, 0.15) is 0 Å². The van der Waals surface area contributed by atoms with Crippen LogP contribution in [0.15, 0.2) is 0 Å². The van der Waals surface area contributed by atoms with Crippen LogP contribution in [0.5, 0.6) is 0 Å². The van der Waals surface area contributed by atoms with Crippen LogP contribution >= 0.6 is 0 Å². The van der Waals surface area contributed by atoms with Gasteiger partial charge in [-0.15, -0.1) is 10.2 Å². The van der Waals surface area contributed by atoms with Gasteiger partial charge in [0.2, 0.25) is 0 Å². The van der Waals surface area contributed by atoms with Crippen LogP contribution in [0.25, 0.3) is 0 Å². The van der Waals surface area contributed by atoms with Crippen LogP contribution < -0.4 is 5.32 Å². The van der Waals surface area contributed by atoms with Gasteiger partial charge in [-0.1, -0.05) is 13.3 Å². The number of hydrogen-bond acceptors (Lipinski definition) is 5. The van der Waals surface area contributed by atoms with Gasteiger partial charge in [-0.25, -0.2) is 0 Å². The monoisotopic (exact) mass is 252 g/mol. The molecular formula is C12H24N6. The Morgan fingerprint density at radius 3 is 2.94 bits per heavy atom. The van der Waals surface area contributed by atoms with E-state index < -0.39 is 0 Å². The van der Waals surface area contributed by atoms with E-state index in [-0.39, 0.29) is 0 Å². The molecule has 1 unspecified atom stereocenters. The third-order valence-corrected chi connectivity index (χ3v) is 3.35. The molecule has 0 bridgehead atoms. The summed E-state index contributed by atoms with van der Waals surface area (Å²) in [5, 5.41) is 15.8. The van der Waals surface area contributed by atoms with Gasteiger partial charge in [0.15, 0.2) is 5.82 Å². The van der Waals surface area contributed by atoms with E-state index in [9.17, 15) is 0 Å². The summed E-state index contributed by atoms with van der Waals surface area (Å²) in [4.78, 5) is 3.96. The lowest BCUT2D eigenvalue weighted by Gasteiger charge is -2.29. The Morgan fingerprint density at radius 2 is 2.33 bits per heavy atom. The molecule has 0 radical (unpaired) electrons. The summed E-state index contributed by atoms with van der Waals surface area (Å²) in [6.45, 7) is 6.36. The van der Waals surface area contributed by atoms with Crippen LogP contribution in [0, 0.1) is 0 Å². The largest absolute Gasteiger partial charge is 0.313 e. The van der Waals surface area contributed by atoms with Gasteiger partial charge in [-0.05, 0) is 37.6 Å². The van der Waals surface area contributed by atoms with Crippen molar-refractivity contribution in [1.29, 1.82) is 0 Å². The first kappa shape index (κ1) is 13.4. The summed E-state index contributed by atoms with van der Waals surface area (Å²) in [6.07, 6.45) is 5.11. The highest BCUT2D eigenvalue weighted by molar-refractivity contribution is 4.81. The van der Waals surface area contributed by atoms with E-state index in [1.807, 2.05) is 7.05 Å². The number of piperidine rings is 1. The number of aromatic nitrogens is 4. The molecule has 6 nitrogen and oxygen atoms in total. The van der Waals surface area contributed by atoms with Crippen LogP contribution in [0.4, 0.5) is 0 Å². The second-order valence-corrected chi connectivity index (χ2v) is 5.08. The van der Waals surface area contributed by atoms with Crippen molar-refractivity contribution in [1.82, 2.24) is 30.4 Å². The van der Waals surface area contributed by atoms with Crippen molar-refractivity contribution < 1.29 is 0 Å². The Labute approximate surface area is 109 Å². The molecule has 1 aliphatic rings. The summed E-state index contributed by atoms with van der Waals surface area (Å²) in [6, 6.07) is 0.627. The second kappa shape index (κ2) is 6.80. The van der Waals surface area contributed by atoms with E-state index in [0.29, 0.717) is 6.04 Å². The fraction of sp³-hybridized carbons (Fsp3) is 0.917. The third-order valence-electron chi connectivity index (χ3n) is 3.35. The molecule has 0 saturated carbocycles. The van der Waals surface area contributed by atoms with Gasteiger partial charge in [0, 0.05) is 12.6 Å². The SMILES string of the molecule is CCCN(Cc1nnn(C)n1)CC1CCCCN1. The molecule has 6 heteroatoms. The molecule has 1 aromatic heterocycles. The topological polar surface area (TPSA) is 58.9 Å². The number of tetrazole rings is 1. The maximum absolute atomic E-state index is 4.26. The molecular weight excluding hydrogens is 228 g/mol. The van der Waals surface area contributed by atoms with Crippen molar-refractivity contribution in [2.24, 2.45) is 7.05 Å². The average molecular weight is 252 g/mol. The smallest absolute Gasteiger partial charge is 0.188 e. The summed E-state index contributed by atoms with van der Waals surface area (Å²) < 4.78 is 0. The van der Waals surface area contributed by atoms with Gasteiger partial charge < -0.3 is 5.32 Å². The molecule has 1 fully saturated rings. The van der Waals surface area contributed by atoms with E-state index >= 15 is 0 Å². The first-order valence-electron chi connectivity index (χ1n) is 6.96. The number of nitrogens with one attached hydrogen (secondary N) is 1. The van der Waals surface area contributed by atoms with Gasteiger partial charge >= 0.3 is 0 Å². The summed E-state index contributed by atoms with van der Waals surface area (Å²) in [5.41, 5.74) is 0. The number of aryl methyl sites for hydroxylation is 1. The second-order valence-electron chi connectivity index (χ2n) is 5.08. The summed E-state index contributed by atoms with van der Waals surface area (Å²) in [5.74, 6) is 0.821. The quantitative estimate of drug-likeness (QED) is 0.802. The lowest BCUT2D eigenvalue weighted by Crippen LogP contribution is -2.43. The third kappa shape index (κ3) is 4.03. The number of rotatable bonds is 6. The van der Waals surface area contributed by atoms with Crippen molar-refractivity contribution in [3.63, 3.8) is 0 Å². The Balaban J connectivity index is 1.86. The van der Waals surface area contributed by atoms with Crippen molar-refractivity contribution >= 4 is 0 Å². The Kier molecular flexibility index (Phi) is 5.07. The molecule has 18 heavy (non-hydrogen) atoms. The van der Waals surface area contributed by atoms with Gasteiger partial charge in [0.05, 0.1) is 13.6 Å². The van der Waals surface area contributed by atoms with E-state index in [1.165, 1.54) is 24.1 Å². The first-order valence-corrected chi connectivity index (χ1v) is 6.96. The molecule has 1 aromatic rings. The van der Waals surface area contributed by atoms with Crippen molar-refractivity contribution in [3.8, 4) is 0 Å². The maximum Gasteiger partial charge on any atom is 0.188 e. The molecule has 2 heterocycles. The molecule has 1 saturated heterocycles. The normalized spacial score (nSPS) is 20.5. The van der Waals surface area contributed by atoms with E-state index in [2.05, 4.69) is 32.6 Å². The molecule has 1 atom stereocenters. The van der Waals surface area contributed by atoms with E-state index in [0.717, 1.165) is 38.4 Å². The van der Waals surface area contributed by atoms with Crippen LogP contribution in [0.3, 0.4) is 0 Å². The molecule has 0 spiro atoms. The number of nitrogens with zero attached hydrogens (tertiary/aromatic N) is 5. The minimum Gasteiger partial charge on any atom is -0.313 e. The summed E-state index contributed by atoms with van der Waals surface area (Å²) >= 11 is 0. The van der Waals surface area contributed by atoms with E-state index in [1.54, 1.807) is 0 Å². The van der Waals surface area contributed by atoms with Gasteiger partial charge in [-0.3, -0.25) is 4.90 Å². The molecule has 1 N–H and O–H groups in total. The molecule has 0 aliphatic carbocycles. The zero-order chi connectivity index (χ0) is 12.8.